The van der Waals surface area contributed by atoms with Gasteiger partial charge in [-0.15, -0.1) is 0 Å². The molecule has 3 aromatic carbocycles. The van der Waals surface area contributed by atoms with Crippen molar-refractivity contribution in [2.24, 2.45) is 23.3 Å². The smallest absolute Gasteiger partial charge is 0.230 e. The van der Waals surface area contributed by atoms with Gasteiger partial charge in [0.2, 0.25) is 5.91 Å². The van der Waals surface area contributed by atoms with Crippen LogP contribution >= 0.6 is 0 Å². The molecule has 0 heterocycles. The topological polar surface area (TPSA) is 72.3 Å². The average molecular weight is 442 g/mol. The van der Waals surface area contributed by atoms with Crippen molar-refractivity contribution in [3.8, 4) is 11.1 Å². The molecule has 1 aliphatic rings. The van der Waals surface area contributed by atoms with Crippen molar-refractivity contribution in [3.63, 3.8) is 0 Å². The van der Waals surface area contributed by atoms with Gasteiger partial charge in [0.25, 0.3) is 0 Å². The van der Waals surface area contributed by atoms with Gasteiger partial charge < -0.3 is 16.4 Å². The highest BCUT2D eigenvalue weighted by molar-refractivity contribution is 5.97. The molecule has 4 atom stereocenters. The summed E-state index contributed by atoms with van der Waals surface area (Å²) in [6.07, 6.45) is 1.90. The number of benzene rings is 3. The van der Waals surface area contributed by atoms with Crippen LogP contribution in [-0.4, -0.2) is 18.5 Å². The van der Waals surface area contributed by atoms with Crippen molar-refractivity contribution in [2.75, 3.05) is 11.4 Å². The van der Waals surface area contributed by atoms with Crippen LogP contribution in [-0.2, 0) is 11.3 Å². The number of amides is 1. The van der Waals surface area contributed by atoms with Gasteiger partial charge in [-0.3, -0.25) is 4.79 Å². The van der Waals surface area contributed by atoms with E-state index < -0.39 is 0 Å². The fourth-order valence-electron chi connectivity index (χ4n) is 4.42. The Morgan fingerprint density at radius 2 is 1.58 bits per heavy atom. The molecule has 33 heavy (non-hydrogen) atoms. The predicted octanol–water partition coefficient (Wildman–Crippen LogP) is 5.32. The molecule has 0 unspecified atom stereocenters. The molecule has 0 aliphatic heterocycles. The summed E-state index contributed by atoms with van der Waals surface area (Å²) >= 11 is 0. The second kappa shape index (κ2) is 10.3. The average Bonchev–Trinajstić information content (AvgIpc) is 3.68. The van der Waals surface area contributed by atoms with E-state index >= 15 is 0 Å². The fourth-order valence-corrected chi connectivity index (χ4v) is 4.42. The third-order valence-electron chi connectivity index (χ3n) is 7.07. The van der Waals surface area contributed by atoms with Crippen molar-refractivity contribution < 1.29 is 4.79 Å². The van der Waals surface area contributed by atoms with Gasteiger partial charge in [0, 0.05) is 30.7 Å². The third-order valence-corrected chi connectivity index (χ3v) is 7.07. The highest BCUT2D eigenvalue weighted by Crippen LogP contribution is 2.49. The highest BCUT2D eigenvalue weighted by Gasteiger charge is 2.46. The van der Waals surface area contributed by atoms with Gasteiger partial charge in [-0.25, -0.2) is 0 Å². The zero-order valence-electron chi connectivity index (χ0n) is 19.7. The van der Waals surface area contributed by atoms with E-state index in [4.69, 9.17) is 11.5 Å². The van der Waals surface area contributed by atoms with Crippen LogP contribution in [0.2, 0.25) is 0 Å². The van der Waals surface area contributed by atoms with Crippen molar-refractivity contribution >= 4 is 11.6 Å². The Balaban J connectivity index is 1.55. The number of carbonyl (C=O) groups is 1. The van der Waals surface area contributed by atoms with Gasteiger partial charge in [0.1, 0.15) is 0 Å². The molecule has 0 radical (unpaired) electrons. The van der Waals surface area contributed by atoms with E-state index in [1.165, 1.54) is 5.56 Å². The summed E-state index contributed by atoms with van der Waals surface area (Å²) in [5.74, 6) is 0.869. The van der Waals surface area contributed by atoms with E-state index in [0.29, 0.717) is 24.9 Å². The lowest BCUT2D eigenvalue weighted by Gasteiger charge is -2.29. The van der Waals surface area contributed by atoms with Crippen LogP contribution in [0.1, 0.15) is 43.7 Å². The first kappa shape index (κ1) is 23.2. The molecule has 1 aliphatic carbocycles. The SMILES string of the molecule is CC[C@H](C)[C@H](N)CN(C(=O)[C@@H]1C[C@H]1c1ccccc1)c1ccc(-c2ccc(CN)cc2)cc1. The Hall–Kier alpha value is -2.95. The normalized spacial score (nSPS) is 19.0. The Labute approximate surface area is 197 Å². The highest BCUT2D eigenvalue weighted by atomic mass is 16.2. The molecule has 1 saturated carbocycles. The second-order valence-electron chi connectivity index (χ2n) is 9.31. The summed E-state index contributed by atoms with van der Waals surface area (Å²) in [4.78, 5) is 15.5. The van der Waals surface area contributed by atoms with Gasteiger partial charge in [-0.1, -0.05) is 87.0 Å². The first-order valence-electron chi connectivity index (χ1n) is 12.0. The summed E-state index contributed by atoms with van der Waals surface area (Å²) in [5.41, 5.74) is 17.8. The maximum Gasteiger partial charge on any atom is 0.230 e. The predicted molar refractivity (Wildman–Crippen MR) is 137 cm³/mol. The lowest BCUT2D eigenvalue weighted by Crippen LogP contribution is -2.45. The summed E-state index contributed by atoms with van der Waals surface area (Å²) in [6.45, 7) is 5.38. The molecular formula is C29H35N3O. The van der Waals surface area contributed by atoms with Crippen LogP contribution in [0.4, 0.5) is 5.69 Å². The summed E-state index contributed by atoms with van der Waals surface area (Å²) < 4.78 is 0. The largest absolute Gasteiger partial charge is 0.326 e. The number of carbonyl (C=O) groups excluding carboxylic acids is 1. The van der Waals surface area contributed by atoms with Crippen LogP contribution in [0.3, 0.4) is 0 Å². The van der Waals surface area contributed by atoms with Gasteiger partial charge in [-0.2, -0.15) is 0 Å². The van der Waals surface area contributed by atoms with Gasteiger partial charge in [0.15, 0.2) is 0 Å². The lowest BCUT2D eigenvalue weighted by atomic mass is 9.98. The standard InChI is InChI=1S/C29H35N3O/c1-3-20(2)28(31)19-32(29(33)27-17-26(27)24-7-5-4-6-8-24)25-15-13-23(14-16-25)22-11-9-21(18-30)10-12-22/h4-16,20,26-28H,3,17-19,30-31H2,1-2H3/t20-,26-,27+,28+/m0/s1. The molecule has 0 saturated heterocycles. The Morgan fingerprint density at radius 1 is 0.970 bits per heavy atom. The Kier molecular flexibility index (Phi) is 7.26. The Morgan fingerprint density at radius 3 is 2.15 bits per heavy atom. The first-order chi connectivity index (χ1) is 16.0. The number of nitrogens with two attached hydrogens (primary N) is 2. The third kappa shape index (κ3) is 5.35. The molecule has 0 bridgehead atoms. The van der Waals surface area contributed by atoms with Gasteiger partial charge >= 0.3 is 0 Å². The summed E-state index contributed by atoms with van der Waals surface area (Å²) in [6, 6.07) is 26.9. The zero-order chi connectivity index (χ0) is 23.4. The van der Waals surface area contributed by atoms with Crippen molar-refractivity contribution in [3.05, 3.63) is 90.0 Å². The number of nitrogens with zero attached hydrogens (tertiary/aromatic N) is 1. The zero-order valence-corrected chi connectivity index (χ0v) is 19.7. The molecule has 3 aromatic rings. The summed E-state index contributed by atoms with van der Waals surface area (Å²) in [7, 11) is 0. The fraction of sp³-hybridized carbons (Fsp3) is 0.345. The maximum atomic E-state index is 13.6. The number of rotatable bonds is 9. The van der Waals surface area contributed by atoms with E-state index in [2.05, 4.69) is 62.4 Å². The van der Waals surface area contributed by atoms with Crippen molar-refractivity contribution in [1.29, 1.82) is 0 Å². The molecule has 1 amide bonds. The molecule has 0 aromatic heterocycles. The quantitative estimate of drug-likeness (QED) is 0.472. The molecule has 0 spiro atoms. The van der Waals surface area contributed by atoms with Crippen molar-refractivity contribution in [1.82, 2.24) is 0 Å². The van der Waals surface area contributed by atoms with E-state index in [-0.39, 0.29) is 17.9 Å². The van der Waals surface area contributed by atoms with E-state index in [0.717, 1.165) is 35.2 Å². The Bertz CT molecular complexity index is 1050. The van der Waals surface area contributed by atoms with Crippen LogP contribution in [0.5, 0.6) is 0 Å². The van der Waals surface area contributed by atoms with Crippen LogP contribution in [0.15, 0.2) is 78.9 Å². The van der Waals surface area contributed by atoms with Crippen LogP contribution in [0, 0.1) is 11.8 Å². The number of anilines is 1. The van der Waals surface area contributed by atoms with E-state index in [1.807, 2.05) is 35.2 Å². The molecule has 172 valence electrons. The first-order valence-corrected chi connectivity index (χ1v) is 12.0. The molecule has 4 N–H and O–H groups in total. The maximum absolute atomic E-state index is 13.6. The number of hydrogen-bond acceptors (Lipinski definition) is 3. The lowest BCUT2D eigenvalue weighted by molar-refractivity contribution is -0.120. The van der Waals surface area contributed by atoms with Crippen molar-refractivity contribution in [2.45, 2.75) is 45.2 Å². The van der Waals surface area contributed by atoms with E-state index in [9.17, 15) is 4.79 Å². The second-order valence-corrected chi connectivity index (χ2v) is 9.31. The molecule has 4 rings (SSSR count). The molecule has 4 heteroatoms. The van der Waals surface area contributed by atoms with Gasteiger partial charge in [0.05, 0.1) is 0 Å². The van der Waals surface area contributed by atoms with Crippen LogP contribution < -0.4 is 16.4 Å². The number of hydrogen-bond donors (Lipinski definition) is 2. The summed E-state index contributed by atoms with van der Waals surface area (Å²) in [5, 5.41) is 0. The molecule has 4 nitrogen and oxygen atoms in total. The minimum Gasteiger partial charge on any atom is -0.326 e. The van der Waals surface area contributed by atoms with E-state index in [1.54, 1.807) is 0 Å². The monoisotopic (exact) mass is 441 g/mol. The minimum atomic E-state index is -0.0589. The van der Waals surface area contributed by atoms with Gasteiger partial charge in [-0.05, 0) is 52.6 Å². The molecular weight excluding hydrogens is 406 g/mol. The minimum absolute atomic E-state index is 0.0278. The molecule has 1 fully saturated rings. The van der Waals surface area contributed by atoms with Crippen LogP contribution in [0.25, 0.3) is 11.1 Å².